The van der Waals surface area contributed by atoms with E-state index < -0.39 is 16.1 Å². The summed E-state index contributed by atoms with van der Waals surface area (Å²) in [6.45, 7) is 3.30. The number of benzene rings is 1. The number of rotatable bonds is 6. The molecule has 0 saturated heterocycles. The first-order valence-corrected chi connectivity index (χ1v) is 9.87. The van der Waals surface area contributed by atoms with Crippen molar-refractivity contribution in [2.24, 2.45) is 0 Å². The third-order valence-corrected chi connectivity index (χ3v) is 5.87. The molecule has 0 saturated carbocycles. The van der Waals surface area contributed by atoms with Crippen LogP contribution in [-0.4, -0.2) is 36.5 Å². The van der Waals surface area contributed by atoms with Crippen LogP contribution < -0.4 is 10.0 Å². The van der Waals surface area contributed by atoms with Crippen molar-refractivity contribution in [2.75, 3.05) is 6.54 Å². The van der Waals surface area contributed by atoms with E-state index in [0.29, 0.717) is 18.5 Å². The Bertz CT molecular complexity index is 860. The van der Waals surface area contributed by atoms with Gasteiger partial charge in [-0.1, -0.05) is 25.1 Å². The SMILES string of the molecule is CCc1nccn1CCCNC(=O)[C@@H]1Cc2ccccc2S(=O)(=O)N1. The molecule has 2 heterocycles. The molecule has 0 unspecified atom stereocenters. The highest BCUT2D eigenvalue weighted by Crippen LogP contribution is 2.22. The number of nitrogens with zero attached hydrogens (tertiary/aromatic N) is 2. The first kappa shape index (κ1) is 17.6. The molecule has 1 aromatic heterocycles. The Morgan fingerprint density at radius 1 is 1.40 bits per heavy atom. The van der Waals surface area contributed by atoms with Gasteiger partial charge in [-0.15, -0.1) is 0 Å². The molecule has 3 rings (SSSR count). The third-order valence-electron chi connectivity index (χ3n) is 4.29. The second-order valence-electron chi connectivity index (χ2n) is 6.02. The fraction of sp³-hybridized carbons (Fsp3) is 0.412. The normalized spacial score (nSPS) is 18.5. The smallest absolute Gasteiger partial charge is 0.241 e. The van der Waals surface area contributed by atoms with Crippen molar-refractivity contribution < 1.29 is 13.2 Å². The van der Waals surface area contributed by atoms with E-state index >= 15 is 0 Å². The minimum Gasteiger partial charge on any atom is -0.355 e. The molecule has 0 bridgehead atoms. The highest BCUT2D eigenvalue weighted by Gasteiger charge is 2.32. The lowest BCUT2D eigenvalue weighted by Crippen LogP contribution is -2.50. The molecule has 25 heavy (non-hydrogen) atoms. The van der Waals surface area contributed by atoms with Gasteiger partial charge in [-0.25, -0.2) is 13.4 Å². The first-order valence-electron chi connectivity index (χ1n) is 8.39. The van der Waals surface area contributed by atoms with E-state index in [4.69, 9.17) is 0 Å². The number of amides is 1. The van der Waals surface area contributed by atoms with Crippen LogP contribution in [0.15, 0.2) is 41.6 Å². The molecule has 134 valence electrons. The number of hydrogen-bond acceptors (Lipinski definition) is 4. The van der Waals surface area contributed by atoms with Gasteiger partial charge in [0.25, 0.3) is 0 Å². The van der Waals surface area contributed by atoms with Crippen LogP contribution in [0.1, 0.15) is 24.7 Å². The molecule has 0 fully saturated rings. The van der Waals surface area contributed by atoms with Gasteiger partial charge >= 0.3 is 0 Å². The van der Waals surface area contributed by atoms with E-state index in [1.54, 1.807) is 30.5 Å². The van der Waals surface area contributed by atoms with E-state index in [1.807, 2.05) is 13.1 Å². The summed E-state index contributed by atoms with van der Waals surface area (Å²) in [6.07, 6.45) is 5.68. The summed E-state index contributed by atoms with van der Waals surface area (Å²) in [5.41, 5.74) is 0.674. The quantitative estimate of drug-likeness (QED) is 0.745. The minimum absolute atomic E-state index is 0.256. The van der Waals surface area contributed by atoms with Crippen molar-refractivity contribution in [1.82, 2.24) is 19.6 Å². The van der Waals surface area contributed by atoms with Crippen LogP contribution in [-0.2, 0) is 34.2 Å². The lowest BCUT2D eigenvalue weighted by molar-refractivity contribution is -0.122. The van der Waals surface area contributed by atoms with Gasteiger partial charge in [-0.3, -0.25) is 4.79 Å². The predicted octanol–water partition coefficient (Wildman–Crippen LogP) is 0.855. The van der Waals surface area contributed by atoms with Gasteiger partial charge in [0.2, 0.25) is 15.9 Å². The van der Waals surface area contributed by atoms with Crippen LogP contribution >= 0.6 is 0 Å². The molecular formula is C17H22N4O3S. The summed E-state index contributed by atoms with van der Waals surface area (Å²) in [4.78, 5) is 16.8. The number of imidazole rings is 1. The van der Waals surface area contributed by atoms with Crippen molar-refractivity contribution in [3.05, 3.63) is 48.0 Å². The van der Waals surface area contributed by atoms with Gasteiger partial charge in [0.05, 0.1) is 4.90 Å². The molecule has 8 heteroatoms. The van der Waals surface area contributed by atoms with Gasteiger partial charge in [-0.05, 0) is 24.5 Å². The largest absolute Gasteiger partial charge is 0.355 e. The second-order valence-corrected chi connectivity index (χ2v) is 7.70. The van der Waals surface area contributed by atoms with Gasteiger partial charge in [0.1, 0.15) is 11.9 Å². The lowest BCUT2D eigenvalue weighted by atomic mass is 10.1. The molecule has 2 aromatic rings. The first-order chi connectivity index (χ1) is 12.0. The predicted molar refractivity (Wildman–Crippen MR) is 93.5 cm³/mol. The van der Waals surface area contributed by atoms with E-state index in [2.05, 4.69) is 19.6 Å². The highest BCUT2D eigenvalue weighted by molar-refractivity contribution is 7.89. The van der Waals surface area contributed by atoms with Crippen molar-refractivity contribution >= 4 is 15.9 Å². The minimum atomic E-state index is -3.63. The number of hydrogen-bond donors (Lipinski definition) is 2. The van der Waals surface area contributed by atoms with E-state index in [9.17, 15) is 13.2 Å². The zero-order valence-electron chi connectivity index (χ0n) is 14.1. The Morgan fingerprint density at radius 2 is 2.20 bits per heavy atom. The van der Waals surface area contributed by atoms with Crippen LogP contribution in [0.4, 0.5) is 0 Å². The van der Waals surface area contributed by atoms with E-state index in [1.165, 1.54) is 0 Å². The summed E-state index contributed by atoms with van der Waals surface area (Å²) in [5, 5.41) is 2.82. The number of fused-ring (bicyclic) bond motifs is 1. The summed E-state index contributed by atoms with van der Waals surface area (Å²) >= 11 is 0. The molecule has 0 spiro atoms. The topological polar surface area (TPSA) is 93.1 Å². The standard InChI is InChI=1S/C17H22N4O3S/c1-2-16-18-9-11-21(16)10-5-8-19-17(22)14-12-13-6-3-4-7-15(13)25(23,24)20-14/h3-4,6-7,9,11,14,20H,2,5,8,10,12H2,1H3,(H,19,22)/t14-/m0/s1. The average Bonchev–Trinajstić information content (AvgIpc) is 3.05. The van der Waals surface area contributed by atoms with Crippen LogP contribution in [0.2, 0.25) is 0 Å². The van der Waals surface area contributed by atoms with Crippen molar-refractivity contribution in [2.45, 2.75) is 43.7 Å². The Balaban J connectivity index is 1.54. The van der Waals surface area contributed by atoms with Gasteiger partial charge in [-0.2, -0.15) is 4.72 Å². The molecule has 1 aromatic carbocycles. The van der Waals surface area contributed by atoms with Gasteiger partial charge < -0.3 is 9.88 Å². The maximum Gasteiger partial charge on any atom is 0.241 e. The molecule has 2 N–H and O–H groups in total. The summed E-state index contributed by atoms with van der Waals surface area (Å²) in [7, 11) is -3.63. The molecule has 1 aliphatic rings. The van der Waals surface area contributed by atoms with Gasteiger partial charge in [0.15, 0.2) is 0 Å². The number of carbonyl (C=O) groups is 1. The molecule has 0 radical (unpaired) electrons. The fourth-order valence-electron chi connectivity index (χ4n) is 3.04. The molecule has 7 nitrogen and oxygen atoms in total. The van der Waals surface area contributed by atoms with Gasteiger partial charge in [0, 0.05) is 31.9 Å². The molecular weight excluding hydrogens is 340 g/mol. The number of sulfonamides is 1. The van der Waals surface area contributed by atoms with Crippen LogP contribution in [0.5, 0.6) is 0 Å². The molecule has 1 atom stereocenters. The number of aromatic nitrogens is 2. The summed E-state index contributed by atoms with van der Waals surface area (Å²) < 4.78 is 29.0. The number of nitrogens with one attached hydrogen (secondary N) is 2. The second kappa shape index (κ2) is 7.37. The molecule has 0 aliphatic carbocycles. The Labute approximate surface area is 147 Å². The van der Waals surface area contributed by atoms with E-state index in [0.717, 1.165) is 25.2 Å². The number of aryl methyl sites for hydroxylation is 2. The van der Waals surface area contributed by atoms with E-state index in [-0.39, 0.29) is 10.8 Å². The van der Waals surface area contributed by atoms with Crippen LogP contribution in [0, 0.1) is 0 Å². The molecule has 1 aliphatic heterocycles. The Morgan fingerprint density at radius 3 is 3.00 bits per heavy atom. The van der Waals surface area contributed by atoms with Crippen LogP contribution in [0.25, 0.3) is 0 Å². The fourth-order valence-corrected chi connectivity index (χ4v) is 4.48. The van der Waals surface area contributed by atoms with Crippen molar-refractivity contribution in [3.8, 4) is 0 Å². The maximum atomic E-state index is 12.3. The molecule has 1 amide bonds. The van der Waals surface area contributed by atoms with Crippen molar-refractivity contribution in [1.29, 1.82) is 0 Å². The third kappa shape index (κ3) is 3.91. The summed E-state index contributed by atoms with van der Waals surface area (Å²) in [6, 6.07) is 6.01. The Kier molecular flexibility index (Phi) is 5.19. The zero-order chi connectivity index (χ0) is 17.9. The lowest BCUT2D eigenvalue weighted by Gasteiger charge is -2.25. The highest BCUT2D eigenvalue weighted by atomic mass is 32.2. The Hall–Kier alpha value is -2.19. The zero-order valence-corrected chi connectivity index (χ0v) is 14.9. The van der Waals surface area contributed by atoms with Crippen molar-refractivity contribution in [3.63, 3.8) is 0 Å². The monoisotopic (exact) mass is 362 g/mol. The number of carbonyl (C=O) groups excluding carboxylic acids is 1. The summed E-state index contributed by atoms with van der Waals surface area (Å²) in [5.74, 6) is 0.724. The maximum absolute atomic E-state index is 12.3. The average molecular weight is 362 g/mol. The van der Waals surface area contributed by atoms with Crippen LogP contribution in [0.3, 0.4) is 0 Å².